The molecule has 2 heterocycles. The highest BCUT2D eigenvalue weighted by molar-refractivity contribution is 5.97. The van der Waals surface area contributed by atoms with Crippen LogP contribution in [0.4, 0.5) is 0 Å². The zero-order valence-electron chi connectivity index (χ0n) is 22.9. The van der Waals surface area contributed by atoms with E-state index in [1.807, 2.05) is 0 Å². The fourth-order valence-corrected chi connectivity index (χ4v) is 8.52. The standard InChI is InChI=1S/C31H38N6O2/c1-30-13-7-23(34-36-28(38)20-9-15-32-16-10-20)19-22(30)3-4-24-25-5-6-27(31(25,2)14-8-26(24)30)35-37-29(39)21-11-17-33-18-12-21/h9-12,15-18,22,24-26H,3-8,13-14,19H2,1-2H3,(H,36,38)(H,37,39)/b34-23+,35-27-/t22-,24-,25-,26-,30-,31-/m0/s1. The number of amides is 2. The molecule has 6 rings (SSSR count). The number of fused-ring (bicyclic) bond motifs is 5. The molecule has 8 nitrogen and oxygen atoms in total. The van der Waals surface area contributed by atoms with Crippen LogP contribution in [-0.4, -0.2) is 33.2 Å². The molecule has 2 N–H and O–H groups in total. The number of hydrogen-bond donors (Lipinski definition) is 2. The molecule has 2 amide bonds. The lowest BCUT2D eigenvalue weighted by Gasteiger charge is -2.59. The van der Waals surface area contributed by atoms with Crippen molar-refractivity contribution in [2.45, 2.75) is 71.6 Å². The molecule has 39 heavy (non-hydrogen) atoms. The molecule has 4 fully saturated rings. The van der Waals surface area contributed by atoms with Gasteiger partial charge in [-0.1, -0.05) is 13.8 Å². The average Bonchev–Trinajstić information content (AvgIpc) is 3.31. The van der Waals surface area contributed by atoms with E-state index in [0.29, 0.717) is 40.2 Å². The van der Waals surface area contributed by atoms with E-state index in [0.717, 1.165) is 44.2 Å². The van der Waals surface area contributed by atoms with Crippen LogP contribution < -0.4 is 10.9 Å². The molecule has 0 unspecified atom stereocenters. The zero-order chi connectivity index (χ0) is 27.0. The number of hydrazone groups is 2. The summed E-state index contributed by atoms with van der Waals surface area (Å²) in [5.41, 5.74) is 9.45. The smallest absolute Gasteiger partial charge is 0.267 e. The Balaban J connectivity index is 1.12. The fraction of sp³-hybridized carbons (Fsp3) is 0.548. The monoisotopic (exact) mass is 526 g/mol. The fourth-order valence-electron chi connectivity index (χ4n) is 8.52. The Labute approximate surface area is 230 Å². The van der Waals surface area contributed by atoms with Crippen LogP contribution in [0.2, 0.25) is 0 Å². The molecule has 0 aromatic carbocycles. The van der Waals surface area contributed by atoms with Crippen LogP contribution in [0.5, 0.6) is 0 Å². The summed E-state index contributed by atoms with van der Waals surface area (Å²) in [4.78, 5) is 33.0. The third-order valence-corrected chi connectivity index (χ3v) is 10.7. The predicted octanol–water partition coefficient (Wildman–Crippen LogP) is 5.39. The van der Waals surface area contributed by atoms with Crippen LogP contribution in [0.25, 0.3) is 0 Å². The normalized spacial score (nSPS) is 35.5. The Hall–Kier alpha value is -3.42. The van der Waals surface area contributed by atoms with Gasteiger partial charge in [-0.25, -0.2) is 10.9 Å². The van der Waals surface area contributed by atoms with Crippen molar-refractivity contribution in [1.29, 1.82) is 0 Å². The van der Waals surface area contributed by atoms with Gasteiger partial charge in [0, 0.05) is 52.8 Å². The van der Waals surface area contributed by atoms with Crippen LogP contribution in [0.15, 0.2) is 59.3 Å². The van der Waals surface area contributed by atoms with Crippen molar-refractivity contribution in [3.05, 3.63) is 60.2 Å². The molecule has 8 heteroatoms. The Bertz CT molecular complexity index is 1290. The van der Waals surface area contributed by atoms with E-state index in [2.05, 4.69) is 39.8 Å². The van der Waals surface area contributed by atoms with Crippen molar-refractivity contribution in [3.63, 3.8) is 0 Å². The molecular weight excluding hydrogens is 488 g/mol. The largest absolute Gasteiger partial charge is 0.271 e. The van der Waals surface area contributed by atoms with Gasteiger partial charge in [0.25, 0.3) is 11.8 Å². The Morgan fingerprint density at radius 1 is 0.795 bits per heavy atom. The second-order valence-electron chi connectivity index (χ2n) is 12.4. The van der Waals surface area contributed by atoms with Gasteiger partial charge in [-0.2, -0.15) is 10.2 Å². The van der Waals surface area contributed by atoms with Crippen LogP contribution in [0, 0.1) is 34.5 Å². The topological polar surface area (TPSA) is 109 Å². The van der Waals surface area contributed by atoms with Crippen LogP contribution in [0.3, 0.4) is 0 Å². The van der Waals surface area contributed by atoms with Crippen molar-refractivity contribution in [2.24, 2.45) is 44.7 Å². The van der Waals surface area contributed by atoms with E-state index in [4.69, 9.17) is 5.10 Å². The van der Waals surface area contributed by atoms with Gasteiger partial charge < -0.3 is 0 Å². The number of nitrogens with zero attached hydrogens (tertiary/aromatic N) is 4. The number of aromatic nitrogens is 2. The second-order valence-corrected chi connectivity index (χ2v) is 12.4. The van der Waals surface area contributed by atoms with E-state index in [1.54, 1.807) is 49.1 Å². The van der Waals surface area contributed by atoms with Crippen molar-refractivity contribution in [3.8, 4) is 0 Å². The number of pyridine rings is 2. The highest BCUT2D eigenvalue weighted by atomic mass is 16.2. The van der Waals surface area contributed by atoms with E-state index in [1.165, 1.54) is 25.0 Å². The molecule has 0 radical (unpaired) electrons. The quantitative estimate of drug-likeness (QED) is 0.521. The summed E-state index contributed by atoms with van der Waals surface area (Å²) in [7, 11) is 0. The molecule has 4 saturated carbocycles. The molecule has 4 aliphatic rings. The number of nitrogens with one attached hydrogen (secondary N) is 2. The molecule has 4 aliphatic carbocycles. The first-order chi connectivity index (χ1) is 18.9. The Kier molecular flexibility index (Phi) is 6.81. The Morgan fingerprint density at radius 2 is 1.44 bits per heavy atom. The van der Waals surface area contributed by atoms with Gasteiger partial charge in [0.1, 0.15) is 0 Å². The molecule has 0 spiro atoms. The lowest BCUT2D eigenvalue weighted by atomic mass is 9.45. The summed E-state index contributed by atoms with van der Waals surface area (Å²) in [6, 6.07) is 6.85. The number of carbonyl (C=O) groups is 2. The molecule has 0 bridgehead atoms. The first-order valence-corrected chi connectivity index (χ1v) is 14.4. The lowest BCUT2D eigenvalue weighted by molar-refractivity contribution is -0.0815. The third kappa shape index (κ3) is 4.68. The summed E-state index contributed by atoms with van der Waals surface area (Å²) in [6.45, 7) is 4.92. The van der Waals surface area contributed by atoms with Gasteiger partial charge in [-0.3, -0.25) is 19.6 Å². The maximum atomic E-state index is 12.6. The maximum Gasteiger partial charge on any atom is 0.271 e. The van der Waals surface area contributed by atoms with Gasteiger partial charge in [0.15, 0.2) is 0 Å². The van der Waals surface area contributed by atoms with Crippen LogP contribution in [0.1, 0.15) is 92.4 Å². The molecular formula is C31H38N6O2. The van der Waals surface area contributed by atoms with Gasteiger partial charge >= 0.3 is 0 Å². The zero-order valence-corrected chi connectivity index (χ0v) is 22.9. The van der Waals surface area contributed by atoms with Crippen molar-refractivity contribution in [2.75, 3.05) is 0 Å². The molecule has 2 aromatic heterocycles. The number of carbonyl (C=O) groups excluding carboxylic acids is 2. The predicted molar refractivity (Wildman–Crippen MR) is 150 cm³/mol. The first kappa shape index (κ1) is 25.8. The molecule has 204 valence electrons. The summed E-state index contributed by atoms with van der Waals surface area (Å²) >= 11 is 0. The highest BCUT2D eigenvalue weighted by Crippen LogP contribution is 2.65. The van der Waals surface area contributed by atoms with Crippen molar-refractivity contribution in [1.82, 2.24) is 20.8 Å². The van der Waals surface area contributed by atoms with E-state index >= 15 is 0 Å². The minimum Gasteiger partial charge on any atom is -0.267 e. The molecule has 2 aromatic rings. The van der Waals surface area contributed by atoms with E-state index in [9.17, 15) is 9.59 Å². The highest BCUT2D eigenvalue weighted by Gasteiger charge is 2.59. The minimum atomic E-state index is -0.177. The average molecular weight is 527 g/mol. The molecule has 0 aliphatic heterocycles. The van der Waals surface area contributed by atoms with E-state index in [-0.39, 0.29) is 17.2 Å². The maximum absolute atomic E-state index is 12.6. The van der Waals surface area contributed by atoms with Gasteiger partial charge in [-0.05, 0) is 111 Å². The van der Waals surface area contributed by atoms with Gasteiger partial charge in [0.2, 0.25) is 0 Å². The summed E-state index contributed by atoms with van der Waals surface area (Å²) < 4.78 is 0. The lowest BCUT2D eigenvalue weighted by Crippen LogP contribution is -2.53. The van der Waals surface area contributed by atoms with Crippen LogP contribution in [-0.2, 0) is 0 Å². The summed E-state index contributed by atoms with van der Waals surface area (Å²) in [5.74, 6) is 2.31. The summed E-state index contributed by atoms with van der Waals surface area (Å²) in [6.07, 6.45) is 16.5. The minimum absolute atomic E-state index is 0.0639. The second kappa shape index (κ2) is 10.3. The van der Waals surface area contributed by atoms with Crippen LogP contribution >= 0.6 is 0 Å². The molecule has 6 atom stereocenters. The third-order valence-electron chi connectivity index (χ3n) is 10.7. The first-order valence-electron chi connectivity index (χ1n) is 14.4. The SMILES string of the molecule is C[C@]12CC/C(=N\NC(=O)c3ccncc3)C[C@@H]1CC[C@@H]1[C@@H]2CC[C@]2(C)/C(=N\NC(=O)c3ccncc3)CC[C@@H]12. The number of rotatable bonds is 4. The Morgan fingerprint density at radius 3 is 2.10 bits per heavy atom. The summed E-state index contributed by atoms with van der Waals surface area (Å²) in [5, 5.41) is 9.26. The van der Waals surface area contributed by atoms with Crippen molar-refractivity contribution >= 4 is 23.2 Å². The van der Waals surface area contributed by atoms with Crippen molar-refractivity contribution < 1.29 is 9.59 Å². The number of hydrogen-bond acceptors (Lipinski definition) is 6. The van der Waals surface area contributed by atoms with Gasteiger partial charge in [0.05, 0.1) is 0 Å². The van der Waals surface area contributed by atoms with E-state index < -0.39 is 0 Å². The van der Waals surface area contributed by atoms with Gasteiger partial charge in [-0.15, -0.1) is 0 Å². The molecule has 0 saturated heterocycles.